The van der Waals surface area contributed by atoms with Gasteiger partial charge in [-0.3, -0.25) is 0 Å². The van der Waals surface area contributed by atoms with Gasteiger partial charge in [-0.25, -0.2) is 9.67 Å². The maximum atomic E-state index is 5.29. The lowest BCUT2D eigenvalue weighted by Gasteiger charge is -1.99. The van der Waals surface area contributed by atoms with Gasteiger partial charge in [0.1, 0.15) is 12.4 Å². The third-order valence-corrected chi connectivity index (χ3v) is 3.79. The molecule has 0 amide bonds. The van der Waals surface area contributed by atoms with Crippen LogP contribution in [0.1, 0.15) is 31.4 Å². The predicted molar refractivity (Wildman–Crippen MR) is 75.5 cm³/mol. The summed E-state index contributed by atoms with van der Waals surface area (Å²) >= 11 is 1.59. The third kappa shape index (κ3) is 2.49. The van der Waals surface area contributed by atoms with E-state index in [9.17, 15) is 0 Å². The molecule has 0 N–H and O–H groups in total. The molecule has 3 aromatic heterocycles. The van der Waals surface area contributed by atoms with Gasteiger partial charge in [0.15, 0.2) is 5.82 Å². The second-order valence-electron chi connectivity index (χ2n) is 4.30. The Hall–Kier alpha value is -2.02. The van der Waals surface area contributed by atoms with Gasteiger partial charge < -0.3 is 4.52 Å². The minimum absolute atomic E-state index is 0.467. The molecule has 3 rings (SSSR count). The summed E-state index contributed by atoms with van der Waals surface area (Å²) in [4.78, 5) is 9.87. The molecule has 0 unspecified atom stereocenters. The minimum Gasteiger partial charge on any atom is -0.337 e. The number of hydrogen-bond acceptors (Lipinski definition) is 6. The average molecular weight is 289 g/mol. The van der Waals surface area contributed by atoms with Gasteiger partial charge in [-0.05, 0) is 11.4 Å². The van der Waals surface area contributed by atoms with Crippen LogP contribution in [0.25, 0.3) is 10.7 Å². The van der Waals surface area contributed by atoms with Crippen molar-refractivity contribution < 1.29 is 4.52 Å². The van der Waals surface area contributed by atoms with Gasteiger partial charge in [-0.1, -0.05) is 25.1 Å². The molecule has 0 aliphatic rings. The third-order valence-electron chi connectivity index (χ3n) is 2.92. The molecular weight excluding hydrogens is 274 g/mol. The predicted octanol–water partition coefficient (Wildman–Crippen LogP) is 2.56. The number of nitrogens with zero attached hydrogens (tertiary/aromatic N) is 5. The Morgan fingerprint density at radius 2 is 2.15 bits per heavy atom. The average Bonchev–Trinajstić information content (AvgIpc) is 3.19. The van der Waals surface area contributed by atoms with Crippen molar-refractivity contribution in [3.05, 3.63) is 35.1 Å². The summed E-state index contributed by atoms with van der Waals surface area (Å²) in [7, 11) is 0. The fourth-order valence-corrected chi connectivity index (χ4v) is 2.57. The molecule has 0 aliphatic heterocycles. The summed E-state index contributed by atoms with van der Waals surface area (Å²) < 4.78 is 7.13. The van der Waals surface area contributed by atoms with Gasteiger partial charge in [0.25, 0.3) is 0 Å². The zero-order valence-corrected chi connectivity index (χ0v) is 12.2. The van der Waals surface area contributed by atoms with Crippen LogP contribution in [-0.2, 0) is 19.4 Å². The Balaban J connectivity index is 1.83. The molecule has 0 aliphatic carbocycles. The van der Waals surface area contributed by atoms with Crippen LogP contribution in [0.3, 0.4) is 0 Å². The van der Waals surface area contributed by atoms with Crippen molar-refractivity contribution in [3.63, 3.8) is 0 Å². The van der Waals surface area contributed by atoms with Crippen LogP contribution >= 0.6 is 11.3 Å². The van der Waals surface area contributed by atoms with E-state index < -0.39 is 0 Å². The van der Waals surface area contributed by atoms with E-state index in [1.54, 1.807) is 11.3 Å². The number of aryl methyl sites for hydroxylation is 2. The lowest BCUT2D eigenvalue weighted by Crippen LogP contribution is -2.06. The van der Waals surface area contributed by atoms with E-state index in [0.29, 0.717) is 18.3 Å². The first-order valence-electron chi connectivity index (χ1n) is 6.59. The monoisotopic (exact) mass is 289 g/mol. The smallest absolute Gasteiger partial charge is 0.248 e. The van der Waals surface area contributed by atoms with Crippen LogP contribution in [0.15, 0.2) is 22.0 Å². The fraction of sp³-hybridized carbons (Fsp3) is 0.385. The molecule has 0 saturated heterocycles. The topological polar surface area (TPSA) is 69.6 Å². The number of thiophene rings is 1. The zero-order chi connectivity index (χ0) is 13.9. The number of rotatable bonds is 5. The van der Waals surface area contributed by atoms with Crippen molar-refractivity contribution in [1.82, 2.24) is 24.9 Å². The summed E-state index contributed by atoms with van der Waals surface area (Å²) in [6.45, 7) is 4.57. The molecule has 0 atom stereocenters. The first-order chi connectivity index (χ1) is 9.80. The highest BCUT2D eigenvalue weighted by Crippen LogP contribution is 2.21. The molecule has 3 heterocycles. The van der Waals surface area contributed by atoms with Crippen molar-refractivity contribution in [1.29, 1.82) is 0 Å². The van der Waals surface area contributed by atoms with Crippen LogP contribution in [0.5, 0.6) is 0 Å². The Kier molecular flexibility index (Phi) is 3.60. The largest absolute Gasteiger partial charge is 0.337 e. The first-order valence-corrected chi connectivity index (χ1v) is 7.47. The molecule has 104 valence electrons. The Labute approximate surface area is 120 Å². The van der Waals surface area contributed by atoms with Crippen LogP contribution in [0.4, 0.5) is 0 Å². The van der Waals surface area contributed by atoms with E-state index in [0.717, 1.165) is 29.4 Å². The van der Waals surface area contributed by atoms with Gasteiger partial charge in [0.2, 0.25) is 11.7 Å². The van der Waals surface area contributed by atoms with Gasteiger partial charge in [-0.15, -0.1) is 11.3 Å². The quantitative estimate of drug-likeness (QED) is 0.722. The van der Waals surface area contributed by atoms with Crippen molar-refractivity contribution in [2.75, 3.05) is 0 Å². The van der Waals surface area contributed by atoms with Gasteiger partial charge >= 0.3 is 0 Å². The molecule has 20 heavy (non-hydrogen) atoms. The Bertz CT molecular complexity index is 686. The van der Waals surface area contributed by atoms with Crippen molar-refractivity contribution in [2.24, 2.45) is 0 Å². The van der Waals surface area contributed by atoms with E-state index in [1.807, 2.05) is 29.1 Å². The van der Waals surface area contributed by atoms with Crippen LogP contribution < -0.4 is 0 Å². The Morgan fingerprint density at radius 1 is 1.25 bits per heavy atom. The normalized spacial score (nSPS) is 11.1. The standard InChI is InChI=1S/C13H15N5OS/c1-3-10-14-11(4-2)18(16-10)8-12-15-13(17-19-12)9-6-5-7-20-9/h5-7H,3-4,8H2,1-2H3. The summed E-state index contributed by atoms with van der Waals surface area (Å²) in [6, 6.07) is 3.94. The van der Waals surface area contributed by atoms with Gasteiger partial charge in [-0.2, -0.15) is 10.1 Å². The number of aromatic nitrogens is 5. The maximum absolute atomic E-state index is 5.29. The maximum Gasteiger partial charge on any atom is 0.248 e. The fourth-order valence-electron chi connectivity index (χ4n) is 1.92. The highest BCUT2D eigenvalue weighted by molar-refractivity contribution is 7.13. The molecule has 0 spiro atoms. The molecule has 0 aromatic carbocycles. The van der Waals surface area contributed by atoms with Crippen LogP contribution in [-0.4, -0.2) is 24.9 Å². The van der Waals surface area contributed by atoms with Crippen molar-refractivity contribution in [2.45, 2.75) is 33.2 Å². The molecule has 0 bridgehead atoms. The van der Waals surface area contributed by atoms with Crippen molar-refractivity contribution >= 4 is 11.3 Å². The second-order valence-corrected chi connectivity index (χ2v) is 5.25. The van der Waals surface area contributed by atoms with Crippen molar-refractivity contribution in [3.8, 4) is 10.7 Å². The second kappa shape index (κ2) is 5.54. The molecule has 0 radical (unpaired) electrons. The molecule has 0 saturated carbocycles. The van der Waals surface area contributed by atoms with Gasteiger partial charge in [0.05, 0.1) is 4.88 Å². The van der Waals surface area contributed by atoms with E-state index in [1.165, 1.54) is 0 Å². The van der Waals surface area contributed by atoms with E-state index >= 15 is 0 Å². The summed E-state index contributed by atoms with van der Waals surface area (Å²) in [5.74, 6) is 2.97. The zero-order valence-electron chi connectivity index (χ0n) is 11.4. The number of hydrogen-bond donors (Lipinski definition) is 0. The molecule has 0 fully saturated rings. The highest BCUT2D eigenvalue weighted by Gasteiger charge is 2.13. The molecule has 7 heteroatoms. The highest BCUT2D eigenvalue weighted by atomic mass is 32.1. The lowest BCUT2D eigenvalue weighted by molar-refractivity contribution is 0.363. The summed E-state index contributed by atoms with van der Waals surface area (Å²) in [5.41, 5.74) is 0. The summed E-state index contributed by atoms with van der Waals surface area (Å²) in [6.07, 6.45) is 1.66. The minimum atomic E-state index is 0.467. The lowest BCUT2D eigenvalue weighted by atomic mass is 10.4. The van der Waals surface area contributed by atoms with E-state index in [4.69, 9.17) is 4.52 Å². The molecule has 3 aromatic rings. The van der Waals surface area contributed by atoms with E-state index in [-0.39, 0.29) is 0 Å². The molecular formula is C13H15N5OS. The van der Waals surface area contributed by atoms with E-state index in [2.05, 4.69) is 27.1 Å². The summed E-state index contributed by atoms with van der Waals surface area (Å²) in [5, 5.41) is 10.4. The van der Waals surface area contributed by atoms with Crippen LogP contribution in [0, 0.1) is 0 Å². The van der Waals surface area contributed by atoms with Crippen LogP contribution in [0.2, 0.25) is 0 Å². The SMILES string of the molecule is CCc1nc(CC)n(Cc2nc(-c3cccs3)no2)n1. The molecule has 6 nitrogen and oxygen atoms in total. The van der Waals surface area contributed by atoms with Gasteiger partial charge in [0, 0.05) is 12.8 Å². The first kappa shape index (κ1) is 13.0. The Morgan fingerprint density at radius 3 is 2.85 bits per heavy atom.